The standard InChI is InChI=1S/C15H21NO4S/c1-3-11(9-15(18)19)16-14(17)10-21-13-7-5-12(6-8-13)20-4-2/h5-8,11H,3-4,9-10H2,1-2H3,(H,16,17)(H,18,19). The minimum Gasteiger partial charge on any atom is -0.494 e. The second kappa shape index (κ2) is 9.28. The lowest BCUT2D eigenvalue weighted by molar-refractivity contribution is -0.137. The van der Waals surface area contributed by atoms with Crippen LogP contribution in [0.4, 0.5) is 0 Å². The quantitative estimate of drug-likeness (QED) is 0.685. The summed E-state index contributed by atoms with van der Waals surface area (Å²) in [5.41, 5.74) is 0. The number of carboxylic acids is 1. The molecule has 0 saturated heterocycles. The van der Waals surface area contributed by atoms with Gasteiger partial charge in [-0.2, -0.15) is 0 Å². The third-order valence-corrected chi connectivity index (χ3v) is 3.80. The van der Waals surface area contributed by atoms with E-state index >= 15 is 0 Å². The van der Waals surface area contributed by atoms with Gasteiger partial charge in [0.25, 0.3) is 0 Å². The third-order valence-electron chi connectivity index (χ3n) is 2.78. The van der Waals surface area contributed by atoms with Crippen LogP contribution in [0.15, 0.2) is 29.2 Å². The molecule has 1 aromatic rings. The number of rotatable bonds is 9. The lowest BCUT2D eigenvalue weighted by Gasteiger charge is -2.14. The van der Waals surface area contributed by atoms with Gasteiger partial charge in [-0.1, -0.05) is 6.92 Å². The molecule has 1 atom stereocenters. The van der Waals surface area contributed by atoms with Gasteiger partial charge in [0.15, 0.2) is 0 Å². The second-order valence-electron chi connectivity index (χ2n) is 4.46. The summed E-state index contributed by atoms with van der Waals surface area (Å²) in [6.45, 7) is 4.40. The zero-order chi connectivity index (χ0) is 15.7. The first-order chi connectivity index (χ1) is 10.0. The van der Waals surface area contributed by atoms with Crippen LogP contribution < -0.4 is 10.1 Å². The van der Waals surface area contributed by atoms with Gasteiger partial charge < -0.3 is 15.2 Å². The fraction of sp³-hybridized carbons (Fsp3) is 0.467. The summed E-state index contributed by atoms with van der Waals surface area (Å²) in [6.07, 6.45) is 0.557. The van der Waals surface area contributed by atoms with Crippen LogP contribution in [-0.2, 0) is 9.59 Å². The lowest BCUT2D eigenvalue weighted by atomic mass is 10.1. The molecule has 0 spiro atoms. The molecular weight excluding hydrogens is 290 g/mol. The Kier molecular flexibility index (Phi) is 7.68. The van der Waals surface area contributed by atoms with Crippen LogP contribution in [0.1, 0.15) is 26.7 Å². The van der Waals surface area contributed by atoms with E-state index in [9.17, 15) is 9.59 Å². The summed E-state index contributed by atoms with van der Waals surface area (Å²) >= 11 is 1.41. The maximum absolute atomic E-state index is 11.8. The van der Waals surface area contributed by atoms with E-state index in [4.69, 9.17) is 9.84 Å². The third kappa shape index (κ3) is 7.04. The van der Waals surface area contributed by atoms with E-state index in [0.717, 1.165) is 10.6 Å². The van der Waals surface area contributed by atoms with Crippen molar-refractivity contribution in [3.8, 4) is 5.75 Å². The summed E-state index contributed by atoms with van der Waals surface area (Å²) in [5.74, 6) is 0.0199. The summed E-state index contributed by atoms with van der Waals surface area (Å²) in [5, 5.41) is 11.5. The minimum absolute atomic E-state index is 0.0457. The van der Waals surface area contributed by atoms with Crippen molar-refractivity contribution in [3.05, 3.63) is 24.3 Å². The van der Waals surface area contributed by atoms with Crippen molar-refractivity contribution >= 4 is 23.6 Å². The molecule has 0 aliphatic rings. The van der Waals surface area contributed by atoms with Crippen LogP contribution in [0.5, 0.6) is 5.75 Å². The average molecular weight is 311 g/mol. The molecule has 21 heavy (non-hydrogen) atoms. The van der Waals surface area contributed by atoms with E-state index in [1.807, 2.05) is 38.1 Å². The van der Waals surface area contributed by atoms with E-state index in [0.29, 0.717) is 13.0 Å². The predicted molar refractivity (Wildman–Crippen MR) is 82.8 cm³/mol. The number of ether oxygens (including phenoxy) is 1. The van der Waals surface area contributed by atoms with E-state index in [1.54, 1.807) is 0 Å². The van der Waals surface area contributed by atoms with Gasteiger partial charge in [-0.3, -0.25) is 9.59 Å². The monoisotopic (exact) mass is 311 g/mol. The topological polar surface area (TPSA) is 75.6 Å². The van der Waals surface area contributed by atoms with Crippen LogP contribution in [-0.4, -0.2) is 35.4 Å². The molecule has 0 aliphatic heterocycles. The number of hydrogen-bond donors (Lipinski definition) is 2. The van der Waals surface area contributed by atoms with Crippen molar-refractivity contribution in [3.63, 3.8) is 0 Å². The number of amides is 1. The lowest BCUT2D eigenvalue weighted by Crippen LogP contribution is -2.37. The van der Waals surface area contributed by atoms with E-state index < -0.39 is 5.97 Å². The number of nitrogens with one attached hydrogen (secondary N) is 1. The summed E-state index contributed by atoms with van der Waals surface area (Å²) in [7, 11) is 0. The maximum Gasteiger partial charge on any atom is 0.305 e. The van der Waals surface area contributed by atoms with Gasteiger partial charge in [0.2, 0.25) is 5.91 Å². The number of carboxylic acid groups (broad SMARTS) is 1. The molecule has 116 valence electrons. The molecular formula is C15H21NO4S. The number of carbonyl (C=O) groups is 2. The molecule has 0 radical (unpaired) electrons. The van der Waals surface area contributed by atoms with Crippen LogP contribution in [0.2, 0.25) is 0 Å². The highest BCUT2D eigenvalue weighted by Gasteiger charge is 2.14. The van der Waals surface area contributed by atoms with Crippen molar-refractivity contribution in [1.29, 1.82) is 0 Å². The first-order valence-corrected chi connectivity index (χ1v) is 7.90. The Morgan fingerprint density at radius 2 is 1.95 bits per heavy atom. The molecule has 5 nitrogen and oxygen atoms in total. The maximum atomic E-state index is 11.8. The van der Waals surface area contributed by atoms with Crippen LogP contribution in [0.25, 0.3) is 0 Å². The highest BCUT2D eigenvalue weighted by atomic mass is 32.2. The number of hydrogen-bond acceptors (Lipinski definition) is 4. The molecule has 0 saturated carbocycles. The van der Waals surface area contributed by atoms with Gasteiger partial charge in [0.1, 0.15) is 5.75 Å². The van der Waals surface area contributed by atoms with Gasteiger partial charge in [0.05, 0.1) is 18.8 Å². The Balaban J connectivity index is 2.39. The van der Waals surface area contributed by atoms with Gasteiger partial charge in [-0.05, 0) is 37.6 Å². The Bertz CT molecular complexity index is 461. The van der Waals surface area contributed by atoms with Gasteiger partial charge >= 0.3 is 5.97 Å². The summed E-state index contributed by atoms with van der Waals surface area (Å²) < 4.78 is 5.35. The first kappa shape index (κ1) is 17.4. The predicted octanol–water partition coefficient (Wildman–Crippen LogP) is 2.55. The van der Waals surface area contributed by atoms with E-state index in [2.05, 4.69) is 5.32 Å². The highest BCUT2D eigenvalue weighted by molar-refractivity contribution is 8.00. The van der Waals surface area contributed by atoms with Crippen molar-refractivity contribution in [1.82, 2.24) is 5.32 Å². The van der Waals surface area contributed by atoms with Gasteiger partial charge in [0, 0.05) is 10.9 Å². The van der Waals surface area contributed by atoms with Crippen molar-refractivity contribution in [2.75, 3.05) is 12.4 Å². The molecule has 1 amide bonds. The summed E-state index contributed by atoms with van der Waals surface area (Å²) in [4.78, 5) is 23.4. The van der Waals surface area contributed by atoms with Crippen LogP contribution >= 0.6 is 11.8 Å². The fourth-order valence-electron chi connectivity index (χ4n) is 1.73. The molecule has 2 N–H and O–H groups in total. The van der Waals surface area contributed by atoms with Crippen LogP contribution in [0, 0.1) is 0 Å². The largest absolute Gasteiger partial charge is 0.494 e. The van der Waals surface area contributed by atoms with Crippen LogP contribution in [0.3, 0.4) is 0 Å². The molecule has 0 aromatic heterocycles. The fourth-order valence-corrected chi connectivity index (χ4v) is 2.43. The van der Waals surface area contributed by atoms with Crippen molar-refractivity contribution in [2.45, 2.75) is 37.6 Å². The molecule has 1 rings (SSSR count). The Hall–Kier alpha value is -1.69. The molecule has 1 aromatic carbocycles. The normalized spacial score (nSPS) is 11.7. The number of thioether (sulfide) groups is 1. The second-order valence-corrected chi connectivity index (χ2v) is 5.51. The Labute approximate surface area is 129 Å². The zero-order valence-electron chi connectivity index (χ0n) is 12.3. The Morgan fingerprint density at radius 3 is 2.48 bits per heavy atom. The zero-order valence-corrected chi connectivity index (χ0v) is 13.1. The van der Waals surface area contributed by atoms with Crippen molar-refractivity contribution in [2.24, 2.45) is 0 Å². The molecule has 0 heterocycles. The average Bonchev–Trinajstić information content (AvgIpc) is 2.45. The first-order valence-electron chi connectivity index (χ1n) is 6.92. The highest BCUT2D eigenvalue weighted by Crippen LogP contribution is 2.21. The molecule has 0 bridgehead atoms. The van der Waals surface area contributed by atoms with Gasteiger partial charge in [-0.15, -0.1) is 11.8 Å². The molecule has 0 aliphatic carbocycles. The van der Waals surface area contributed by atoms with E-state index in [1.165, 1.54) is 11.8 Å². The number of carbonyl (C=O) groups excluding carboxylic acids is 1. The smallest absolute Gasteiger partial charge is 0.305 e. The van der Waals surface area contributed by atoms with E-state index in [-0.39, 0.29) is 24.1 Å². The molecule has 0 fully saturated rings. The van der Waals surface area contributed by atoms with Crippen molar-refractivity contribution < 1.29 is 19.4 Å². The Morgan fingerprint density at radius 1 is 1.29 bits per heavy atom. The molecule has 6 heteroatoms. The SMILES string of the molecule is CCOc1ccc(SCC(=O)NC(CC)CC(=O)O)cc1. The number of benzene rings is 1. The minimum atomic E-state index is -0.902. The summed E-state index contributed by atoms with van der Waals surface area (Å²) in [6, 6.07) is 7.22. The molecule has 1 unspecified atom stereocenters. The van der Waals surface area contributed by atoms with Gasteiger partial charge in [-0.25, -0.2) is 0 Å². The number of aliphatic carboxylic acids is 1.